The van der Waals surface area contributed by atoms with Crippen LogP contribution < -0.4 is 5.32 Å². The zero-order chi connectivity index (χ0) is 16.3. The summed E-state index contributed by atoms with van der Waals surface area (Å²) in [6.07, 6.45) is 1.09. The van der Waals surface area contributed by atoms with Gasteiger partial charge in [0.2, 0.25) is 0 Å². The number of sulfone groups is 1. The summed E-state index contributed by atoms with van der Waals surface area (Å²) in [5, 5.41) is 3.17. The first-order valence-electron chi connectivity index (χ1n) is 6.52. The average molecular weight is 355 g/mol. The molecule has 1 aromatic heterocycles. The fraction of sp³-hybridized carbons (Fsp3) is 0.667. The largest absolute Gasteiger partial charge is 0.312 e. The van der Waals surface area contributed by atoms with Crippen molar-refractivity contribution < 1.29 is 16.8 Å². The summed E-state index contributed by atoms with van der Waals surface area (Å²) in [5.41, 5.74) is 0.927. The Labute approximate surface area is 131 Å². The molecule has 0 fully saturated rings. The summed E-state index contributed by atoms with van der Waals surface area (Å²) in [5.74, 6) is -0.183. The van der Waals surface area contributed by atoms with Crippen molar-refractivity contribution in [2.45, 2.75) is 24.6 Å². The fourth-order valence-electron chi connectivity index (χ4n) is 1.60. The van der Waals surface area contributed by atoms with Crippen LogP contribution in [0.15, 0.2) is 10.3 Å². The van der Waals surface area contributed by atoms with Crippen LogP contribution in [0.25, 0.3) is 0 Å². The molecule has 0 aliphatic carbocycles. The highest BCUT2D eigenvalue weighted by molar-refractivity contribution is 7.91. The normalized spacial score (nSPS) is 13.0. The first-order valence-corrected chi connectivity index (χ1v) is 10.8. The third-order valence-corrected chi connectivity index (χ3v) is 7.44. The lowest BCUT2D eigenvalue weighted by atomic mass is 10.3. The van der Waals surface area contributed by atoms with Gasteiger partial charge in [0.25, 0.3) is 10.0 Å². The number of rotatable bonds is 8. The highest BCUT2D eigenvalue weighted by Gasteiger charge is 2.24. The molecule has 0 aliphatic rings. The van der Waals surface area contributed by atoms with Crippen molar-refractivity contribution in [3.05, 3.63) is 16.5 Å². The van der Waals surface area contributed by atoms with Crippen LogP contribution in [-0.2, 0) is 26.4 Å². The van der Waals surface area contributed by atoms with Crippen LogP contribution >= 0.6 is 11.3 Å². The Bertz CT molecular complexity index is 677. The van der Waals surface area contributed by atoms with Crippen molar-refractivity contribution in [3.8, 4) is 0 Å². The van der Waals surface area contributed by atoms with E-state index >= 15 is 0 Å². The lowest BCUT2D eigenvalue weighted by Crippen LogP contribution is -2.31. The van der Waals surface area contributed by atoms with Crippen LogP contribution in [0.1, 0.15) is 17.4 Å². The van der Waals surface area contributed by atoms with Crippen LogP contribution in [0, 0.1) is 6.92 Å². The van der Waals surface area contributed by atoms with Gasteiger partial charge in [-0.05, 0) is 25.1 Å². The number of nitrogens with zero attached hydrogens (tertiary/aromatic N) is 1. The predicted octanol–water partition coefficient (Wildman–Crippen LogP) is 0.831. The van der Waals surface area contributed by atoms with Crippen LogP contribution in [0.3, 0.4) is 0 Å². The first kappa shape index (κ1) is 18.6. The van der Waals surface area contributed by atoms with Gasteiger partial charge in [0.1, 0.15) is 14.0 Å². The van der Waals surface area contributed by atoms with Gasteiger partial charge < -0.3 is 5.32 Å². The summed E-state index contributed by atoms with van der Waals surface area (Å²) in [6, 6.07) is 1.64. The Balaban J connectivity index is 2.92. The zero-order valence-corrected chi connectivity index (χ0v) is 15.2. The van der Waals surface area contributed by atoms with E-state index in [0.717, 1.165) is 27.5 Å². The predicted molar refractivity (Wildman–Crippen MR) is 86.0 cm³/mol. The van der Waals surface area contributed by atoms with Crippen LogP contribution in [0.2, 0.25) is 0 Å². The Morgan fingerprint density at radius 3 is 2.43 bits per heavy atom. The molecule has 0 bridgehead atoms. The van der Waals surface area contributed by atoms with Crippen molar-refractivity contribution in [3.63, 3.8) is 0 Å². The minimum atomic E-state index is -3.63. The van der Waals surface area contributed by atoms with Gasteiger partial charge in [0, 0.05) is 31.3 Å². The molecule has 0 aliphatic heterocycles. The molecule has 1 heterocycles. The third kappa shape index (κ3) is 5.33. The number of nitrogens with one attached hydrogen (secondary N) is 1. The second kappa shape index (κ2) is 7.19. The molecule has 0 atom stereocenters. The minimum Gasteiger partial charge on any atom is -0.312 e. The maximum atomic E-state index is 12.4. The topological polar surface area (TPSA) is 83.6 Å². The molecule has 21 heavy (non-hydrogen) atoms. The maximum absolute atomic E-state index is 12.4. The van der Waals surface area contributed by atoms with Crippen molar-refractivity contribution in [2.75, 3.05) is 32.1 Å². The van der Waals surface area contributed by atoms with Crippen molar-refractivity contribution in [1.29, 1.82) is 0 Å². The van der Waals surface area contributed by atoms with E-state index in [9.17, 15) is 16.8 Å². The summed E-state index contributed by atoms with van der Waals surface area (Å²) in [6.45, 7) is 5.27. The van der Waals surface area contributed by atoms with E-state index in [1.54, 1.807) is 6.07 Å². The quantitative estimate of drug-likeness (QED) is 0.748. The average Bonchev–Trinajstić information content (AvgIpc) is 2.74. The second-order valence-corrected chi connectivity index (χ2v) is 10.6. The zero-order valence-electron chi connectivity index (χ0n) is 12.7. The summed E-state index contributed by atoms with van der Waals surface area (Å²) >= 11 is 1.23. The van der Waals surface area contributed by atoms with E-state index in [1.165, 1.54) is 18.4 Å². The lowest BCUT2D eigenvalue weighted by Gasteiger charge is -2.15. The van der Waals surface area contributed by atoms with E-state index in [0.29, 0.717) is 6.54 Å². The molecule has 0 saturated carbocycles. The molecule has 1 aromatic rings. The molecule has 0 amide bonds. The van der Waals surface area contributed by atoms with Gasteiger partial charge >= 0.3 is 0 Å². The van der Waals surface area contributed by atoms with Crippen LogP contribution in [0.4, 0.5) is 0 Å². The highest BCUT2D eigenvalue weighted by atomic mass is 32.2. The summed E-state index contributed by atoms with van der Waals surface area (Å²) in [4.78, 5) is 0.979. The van der Waals surface area contributed by atoms with Gasteiger partial charge in [-0.1, -0.05) is 6.92 Å². The summed E-state index contributed by atoms with van der Waals surface area (Å²) in [7, 11) is -5.42. The Morgan fingerprint density at radius 2 is 1.90 bits per heavy atom. The monoisotopic (exact) mass is 354 g/mol. The number of hydrogen-bond acceptors (Lipinski definition) is 6. The van der Waals surface area contributed by atoms with E-state index in [1.807, 2.05) is 13.8 Å². The molecule has 0 radical (unpaired) electrons. The standard InChI is InChI=1S/C12H22N2O4S3/c1-5-13-9-11-10(2)8-12(19-11)21(17,18)14(3)6-7-20(4,15)16/h8,13H,5-7,9H2,1-4H3. The van der Waals surface area contributed by atoms with E-state index in [2.05, 4.69) is 5.32 Å². The minimum absolute atomic E-state index is 0.0410. The van der Waals surface area contributed by atoms with Crippen molar-refractivity contribution in [1.82, 2.24) is 9.62 Å². The summed E-state index contributed by atoms with van der Waals surface area (Å²) < 4.78 is 48.5. The Morgan fingerprint density at radius 1 is 1.29 bits per heavy atom. The Kier molecular flexibility index (Phi) is 6.36. The van der Waals surface area contributed by atoms with Gasteiger partial charge in [0.05, 0.1) is 5.75 Å². The molecule has 6 nitrogen and oxygen atoms in total. The molecule has 0 unspecified atom stereocenters. The molecular formula is C12H22N2O4S3. The number of thiophene rings is 1. The molecular weight excluding hydrogens is 332 g/mol. The highest BCUT2D eigenvalue weighted by Crippen LogP contribution is 2.28. The van der Waals surface area contributed by atoms with Gasteiger partial charge in [-0.15, -0.1) is 11.3 Å². The van der Waals surface area contributed by atoms with E-state index in [4.69, 9.17) is 0 Å². The molecule has 0 spiro atoms. The Hall–Kier alpha value is -0.480. The maximum Gasteiger partial charge on any atom is 0.252 e. The molecule has 1 N–H and O–H groups in total. The number of hydrogen-bond donors (Lipinski definition) is 1. The third-order valence-electron chi connectivity index (χ3n) is 2.98. The molecule has 9 heteroatoms. The van der Waals surface area contributed by atoms with E-state index < -0.39 is 19.9 Å². The molecule has 122 valence electrons. The van der Waals surface area contributed by atoms with Gasteiger partial charge in [0.15, 0.2) is 0 Å². The van der Waals surface area contributed by atoms with Gasteiger partial charge in [-0.2, -0.15) is 4.31 Å². The van der Waals surface area contributed by atoms with Crippen LogP contribution in [-0.4, -0.2) is 53.3 Å². The molecule has 0 saturated heterocycles. The molecule has 0 aromatic carbocycles. The van der Waals surface area contributed by atoms with Crippen molar-refractivity contribution in [2.24, 2.45) is 0 Å². The van der Waals surface area contributed by atoms with Crippen molar-refractivity contribution >= 4 is 31.2 Å². The smallest absolute Gasteiger partial charge is 0.252 e. The van der Waals surface area contributed by atoms with Gasteiger partial charge in [-0.25, -0.2) is 16.8 Å². The number of sulfonamides is 1. The first-order chi connectivity index (χ1) is 9.58. The van der Waals surface area contributed by atoms with Gasteiger partial charge in [-0.3, -0.25) is 0 Å². The second-order valence-electron chi connectivity index (χ2n) is 4.91. The van der Waals surface area contributed by atoms with E-state index in [-0.39, 0.29) is 16.5 Å². The molecule has 1 rings (SSSR count). The SMILES string of the molecule is CCNCc1sc(S(=O)(=O)N(C)CCS(C)(=O)=O)cc1C. The van der Waals surface area contributed by atoms with Crippen LogP contribution in [0.5, 0.6) is 0 Å². The lowest BCUT2D eigenvalue weighted by molar-refractivity contribution is 0.486. The number of aryl methyl sites for hydroxylation is 1. The fourth-order valence-corrected chi connectivity index (χ4v) is 5.26.